The van der Waals surface area contributed by atoms with Gasteiger partial charge >= 0.3 is 0 Å². The number of H-pyrrole nitrogens is 1. The van der Waals surface area contributed by atoms with Crippen LogP contribution >= 0.6 is 0 Å². The van der Waals surface area contributed by atoms with Crippen molar-refractivity contribution in [2.24, 2.45) is 0 Å². The Morgan fingerprint density at radius 3 is 2.65 bits per heavy atom. The molecule has 1 unspecified atom stereocenters. The molecule has 2 aromatic heterocycles. The molecular formula is C19H21N3O. The van der Waals surface area contributed by atoms with Crippen LogP contribution in [0.25, 0.3) is 16.6 Å². The predicted octanol–water partition coefficient (Wildman–Crippen LogP) is 3.51. The van der Waals surface area contributed by atoms with Crippen molar-refractivity contribution in [3.05, 3.63) is 53.5 Å². The standard InChI is InChI=1S/C19H21N3O/c1-12-5-6-13(2)22(12)14-7-8-17-15(10-14)16(11-21-17)19(23)18-4-3-9-20-18/h5-8,10-11,18,20-21H,3-4,9H2,1-2H3. The molecule has 23 heavy (non-hydrogen) atoms. The number of carbonyl (C=O) groups is 1. The molecular weight excluding hydrogens is 286 g/mol. The molecule has 1 saturated heterocycles. The smallest absolute Gasteiger partial charge is 0.181 e. The molecule has 0 saturated carbocycles. The topological polar surface area (TPSA) is 49.8 Å². The van der Waals surface area contributed by atoms with E-state index in [1.54, 1.807) is 0 Å². The minimum absolute atomic E-state index is 0.0345. The van der Waals surface area contributed by atoms with E-state index in [9.17, 15) is 4.79 Å². The summed E-state index contributed by atoms with van der Waals surface area (Å²) in [6.07, 6.45) is 3.86. The second-order valence-corrected chi connectivity index (χ2v) is 6.40. The van der Waals surface area contributed by atoms with E-state index in [0.29, 0.717) is 0 Å². The van der Waals surface area contributed by atoms with Crippen LogP contribution in [0.5, 0.6) is 0 Å². The Balaban J connectivity index is 1.82. The molecule has 118 valence electrons. The molecule has 0 spiro atoms. The molecule has 1 aromatic carbocycles. The van der Waals surface area contributed by atoms with Crippen LogP contribution in [0.15, 0.2) is 36.5 Å². The van der Waals surface area contributed by atoms with Crippen molar-refractivity contribution in [1.82, 2.24) is 14.9 Å². The first-order valence-corrected chi connectivity index (χ1v) is 8.19. The van der Waals surface area contributed by atoms with Gasteiger partial charge in [-0.05, 0) is 63.6 Å². The van der Waals surface area contributed by atoms with E-state index < -0.39 is 0 Å². The van der Waals surface area contributed by atoms with Gasteiger partial charge in [0.2, 0.25) is 0 Å². The average molecular weight is 307 g/mol. The van der Waals surface area contributed by atoms with E-state index in [0.717, 1.165) is 41.5 Å². The number of aromatic nitrogens is 2. The average Bonchev–Trinajstić information content (AvgIpc) is 3.26. The lowest BCUT2D eigenvalue weighted by atomic mass is 10.0. The number of nitrogens with one attached hydrogen (secondary N) is 2. The Kier molecular flexibility index (Phi) is 3.34. The van der Waals surface area contributed by atoms with Crippen LogP contribution in [0.2, 0.25) is 0 Å². The monoisotopic (exact) mass is 307 g/mol. The van der Waals surface area contributed by atoms with Crippen molar-refractivity contribution < 1.29 is 4.79 Å². The molecule has 1 aliphatic heterocycles. The van der Waals surface area contributed by atoms with Crippen LogP contribution in [-0.2, 0) is 0 Å². The maximum atomic E-state index is 12.8. The van der Waals surface area contributed by atoms with Crippen LogP contribution in [0.1, 0.15) is 34.6 Å². The fourth-order valence-electron chi connectivity index (χ4n) is 3.62. The molecule has 2 N–H and O–H groups in total. The lowest BCUT2D eigenvalue weighted by Gasteiger charge is -2.11. The number of rotatable bonds is 3. The number of aromatic amines is 1. The molecule has 3 heterocycles. The Labute approximate surface area is 135 Å². The highest BCUT2D eigenvalue weighted by molar-refractivity contribution is 6.10. The number of aryl methyl sites for hydroxylation is 2. The van der Waals surface area contributed by atoms with Crippen molar-refractivity contribution in [2.45, 2.75) is 32.7 Å². The van der Waals surface area contributed by atoms with Crippen molar-refractivity contribution in [2.75, 3.05) is 6.54 Å². The third-order valence-electron chi connectivity index (χ3n) is 4.84. The van der Waals surface area contributed by atoms with Gasteiger partial charge in [0.15, 0.2) is 5.78 Å². The zero-order chi connectivity index (χ0) is 16.0. The minimum atomic E-state index is -0.0345. The largest absolute Gasteiger partial charge is 0.360 e. The molecule has 3 aromatic rings. The summed E-state index contributed by atoms with van der Waals surface area (Å²) in [5.74, 6) is 0.201. The highest BCUT2D eigenvalue weighted by atomic mass is 16.1. The van der Waals surface area contributed by atoms with Crippen molar-refractivity contribution >= 4 is 16.7 Å². The molecule has 0 bridgehead atoms. The first-order chi connectivity index (χ1) is 11.1. The van der Waals surface area contributed by atoms with E-state index in [1.165, 1.54) is 11.4 Å². The van der Waals surface area contributed by atoms with E-state index >= 15 is 0 Å². The molecule has 4 nitrogen and oxygen atoms in total. The van der Waals surface area contributed by atoms with E-state index in [-0.39, 0.29) is 11.8 Å². The van der Waals surface area contributed by atoms with E-state index in [1.807, 2.05) is 6.20 Å². The zero-order valence-electron chi connectivity index (χ0n) is 13.5. The lowest BCUT2D eigenvalue weighted by molar-refractivity contribution is 0.0954. The Morgan fingerprint density at radius 1 is 1.17 bits per heavy atom. The van der Waals surface area contributed by atoms with Gasteiger partial charge in [0.25, 0.3) is 0 Å². The third-order valence-corrected chi connectivity index (χ3v) is 4.84. The Hall–Kier alpha value is -2.33. The zero-order valence-corrected chi connectivity index (χ0v) is 13.5. The van der Waals surface area contributed by atoms with Crippen LogP contribution in [-0.4, -0.2) is 27.9 Å². The molecule has 1 fully saturated rings. The fourth-order valence-corrected chi connectivity index (χ4v) is 3.62. The summed E-state index contributed by atoms with van der Waals surface area (Å²) in [5, 5.41) is 4.31. The van der Waals surface area contributed by atoms with E-state index in [2.05, 4.69) is 59.0 Å². The minimum Gasteiger partial charge on any atom is -0.360 e. The maximum absolute atomic E-state index is 12.8. The summed E-state index contributed by atoms with van der Waals surface area (Å²) in [7, 11) is 0. The van der Waals surface area contributed by atoms with Crippen LogP contribution < -0.4 is 5.32 Å². The number of nitrogens with zero attached hydrogens (tertiary/aromatic N) is 1. The summed E-state index contributed by atoms with van der Waals surface area (Å²) >= 11 is 0. The van der Waals surface area contributed by atoms with Crippen molar-refractivity contribution in [3.8, 4) is 5.69 Å². The summed E-state index contributed by atoms with van der Waals surface area (Å²) in [6, 6.07) is 10.5. The van der Waals surface area contributed by atoms with Crippen LogP contribution in [0.4, 0.5) is 0 Å². The van der Waals surface area contributed by atoms with Gasteiger partial charge in [0.05, 0.1) is 6.04 Å². The quantitative estimate of drug-likeness (QED) is 0.728. The van der Waals surface area contributed by atoms with Crippen molar-refractivity contribution in [1.29, 1.82) is 0 Å². The number of Topliss-reactive ketones (excluding diaryl/α,β-unsaturated/α-hetero) is 1. The van der Waals surface area contributed by atoms with E-state index in [4.69, 9.17) is 0 Å². The second-order valence-electron chi connectivity index (χ2n) is 6.40. The SMILES string of the molecule is Cc1ccc(C)n1-c1ccc2[nH]cc(C(=O)C3CCCN3)c2c1. The number of carbonyl (C=O) groups excluding carboxylic acids is 1. The van der Waals surface area contributed by atoms with Gasteiger partial charge < -0.3 is 14.9 Å². The van der Waals surface area contributed by atoms with Crippen LogP contribution in [0.3, 0.4) is 0 Å². The molecule has 1 aliphatic rings. The van der Waals surface area contributed by atoms with Gasteiger partial charge in [-0.3, -0.25) is 4.79 Å². The number of hydrogen-bond acceptors (Lipinski definition) is 2. The molecule has 1 atom stereocenters. The normalized spacial score (nSPS) is 17.9. The highest BCUT2D eigenvalue weighted by Gasteiger charge is 2.25. The summed E-state index contributed by atoms with van der Waals surface area (Å²) < 4.78 is 2.22. The first-order valence-electron chi connectivity index (χ1n) is 8.19. The number of ketones is 1. The molecule has 4 heteroatoms. The molecule has 0 aliphatic carbocycles. The summed E-state index contributed by atoms with van der Waals surface area (Å²) in [4.78, 5) is 16.0. The van der Waals surface area contributed by atoms with Gasteiger partial charge in [0, 0.05) is 39.7 Å². The molecule has 4 rings (SSSR count). The fraction of sp³-hybridized carbons (Fsp3) is 0.316. The van der Waals surface area contributed by atoms with Crippen molar-refractivity contribution in [3.63, 3.8) is 0 Å². The number of benzene rings is 1. The predicted molar refractivity (Wildman–Crippen MR) is 92.5 cm³/mol. The number of hydrogen-bond donors (Lipinski definition) is 2. The van der Waals surface area contributed by atoms with Crippen LogP contribution in [0, 0.1) is 13.8 Å². The van der Waals surface area contributed by atoms with Gasteiger partial charge in [-0.2, -0.15) is 0 Å². The maximum Gasteiger partial charge on any atom is 0.181 e. The van der Waals surface area contributed by atoms with Gasteiger partial charge in [-0.1, -0.05) is 0 Å². The van der Waals surface area contributed by atoms with Gasteiger partial charge in [0.1, 0.15) is 0 Å². The Morgan fingerprint density at radius 2 is 1.96 bits per heavy atom. The number of fused-ring (bicyclic) bond motifs is 1. The molecule has 0 radical (unpaired) electrons. The van der Waals surface area contributed by atoms with Gasteiger partial charge in [-0.25, -0.2) is 0 Å². The highest BCUT2D eigenvalue weighted by Crippen LogP contribution is 2.26. The first kappa shape index (κ1) is 14.3. The van der Waals surface area contributed by atoms with Gasteiger partial charge in [-0.15, -0.1) is 0 Å². The molecule has 0 amide bonds. The summed E-state index contributed by atoms with van der Waals surface area (Å²) in [6.45, 7) is 5.14. The Bertz CT molecular complexity index is 862. The lowest BCUT2D eigenvalue weighted by Crippen LogP contribution is -2.30. The second kappa shape index (κ2) is 5.39. The summed E-state index contributed by atoms with van der Waals surface area (Å²) in [5.41, 5.74) is 5.30. The third kappa shape index (κ3) is 2.30.